The summed E-state index contributed by atoms with van der Waals surface area (Å²) in [4.78, 5) is 13.8. The predicted octanol–water partition coefficient (Wildman–Crippen LogP) is 2.03. The summed E-state index contributed by atoms with van der Waals surface area (Å²) >= 11 is 7.69. The molecule has 0 aromatic carbocycles. The zero-order valence-corrected chi connectivity index (χ0v) is 11.1. The first-order valence-electron chi connectivity index (χ1n) is 5.66. The van der Waals surface area contributed by atoms with Crippen LogP contribution >= 0.6 is 22.9 Å². The average Bonchev–Trinajstić information content (AvgIpc) is 2.73. The average molecular weight is 274 g/mol. The van der Waals surface area contributed by atoms with E-state index < -0.39 is 0 Å². The fourth-order valence-electron chi connectivity index (χ4n) is 1.99. The van der Waals surface area contributed by atoms with Gasteiger partial charge in [0.1, 0.15) is 0 Å². The first-order chi connectivity index (χ1) is 8.16. The molecular weight excluding hydrogens is 258 g/mol. The largest absolute Gasteiger partial charge is 0.351 e. The van der Waals surface area contributed by atoms with Crippen molar-refractivity contribution >= 4 is 29.0 Å². The molecule has 1 fully saturated rings. The van der Waals surface area contributed by atoms with E-state index in [1.54, 1.807) is 16.2 Å². The van der Waals surface area contributed by atoms with Gasteiger partial charge in [0.2, 0.25) is 0 Å². The summed E-state index contributed by atoms with van der Waals surface area (Å²) in [5, 5.41) is 6.30. The second-order valence-electron chi connectivity index (χ2n) is 4.17. The van der Waals surface area contributed by atoms with E-state index in [4.69, 9.17) is 17.3 Å². The molecule has 1 saturated heterocycles. The smallest absolute Gasteiger partial charge is 0.314 e. The topological polar surface area (TPSA) is 58.4 Å². The molecule has 0 spiro atoms. The van der Waals surface area contributed by atoms with E-state index in [0.717, 1.165) is 37.5 Å². The van der Waals surface area contributed by atoms with Gasteiger partial charge in [-0.1, -0.05) is 11.6 Å². The van der Waals surface area contributed by atoms with Gasteiger partial charge in [-0.05, 0) is 24.3 Å². The van der Waals surface area contributed by atoms with E-state index in [-0.39, 0.29) is 6.03 Å². The van der Waals surface area contributed by atoms with Crippen LogP contribution in [0.5, 0.6) is 0 Å². The Balaban J connectivity index is 1.75. The quantitative estimate of drug-likeness (QED) is 0.885. The van der Waals surface area contributed by atoms with Gasteiger partial charge in [0.15, 0.2) is 0 Å². The fourth-order valence-corrected chi connectivity index (χ4v) is 3.05. The summed E-state index contributed by atoms with van der Waals surface area (Å²) < 4.78 is 0. The minimum absolute atomic E-state index is 0.315. The van der Waals surface area contributed by atoms with Gasteiger partial charge in [-0.2, -0.15) is 0 Å². The molecule has 2 amide bonds. The van der Waals surface area contributed by atoms with E-state index in [0.29, 0.717) is 6.04 Å². The van der Waals surface area contributed by atoms with Crippen LogP contribution in [0.3, 0.4) is 0 Å². The van der Waals surface area contributed by atoms with Gasteiger partial charge in [-0.25, -0.2) is 4.79 Å². The predicted molar refractivity (Wildman–Crippen MR) is 70.3 cm³/mol. The van der Waals surface area contributed by atoms with Gasteiger partial charge in [-0.15, -0.1) is 11.3 Å². The third-order valence-electron chi connectivity index (χ3n) is 3.05. The molecule has 1 aliphatic rings. The molecule has 2 rings (SSSR count). The number of halogens is 1. The van der Waals surface area contributed by atoms with E-state index in [9.17, 15) is 4.79 Å². The van der Waals surface area contributed by atoms with Gasteiger partial charge >= 0.3 is 6.03 Å². The number of primary amides is 1. The standard InChI is InChI=1S/C11H16ClN3OS/c12-9-3-6-17-10(9)7-14-8-1-4-15(5-2-8)11(13)16/h3,6,8,14H,1-2,4-5,7H2,(H2,13,16). The highest BCUT2D eigenvalue weighted by atomic mass is 35.5. The number of nitrogens with two attached hydrogens (primary N) is 1. The SMILES string of the molecule is NC(=O)N1CCC(NCc2sccc2Cl)CC1. The highest BCUT2D eigenvalue weighted by molar-refractivity contribution is 7.10. The van der Waals surface area contributed by atoms with Crippen molar-refractivity contribution in [3.63, 3.8) is 0 Å². The van der Waals surface area contributed by atoms with Crippen LogP contribution in [0.2, 0.25) is 5.02 Å². The maximum atomic E-state index is 11.0. The van der Waals surface area contributed by atoms with Crippen LogP contribution in [0.1, 0.15) is 17.7 Å². The molecule has 4 nitrogen and oxygen atoms in total. The number of piperidine rings is 1. The summed E-state index contributed by atoms with van der Waals surface area (Å²) in [5.74, 6) is 0. The summed E-state index contributed by atoms with van der Waals surface area (Å²) in [6.07, 6.45) is 1.90. The molecule has 0 aliphatic carbocycles. The first kappa shape index (κ1) is 12.7. The Bertz CT molecular complexity index is 388. The van der Waals surface area contributed by atoms with Crippen molar-refractivity contribution in [3.8, 4) is 0 Å². The van der Waals surface area contributed by atoms with Crippen LogP contribution in [-0.4, -0.2) is 30.1 Å². The molecular formula is C11H16ClN3OS. The second kappa shape index (κ2) is 5.71. The van der Waals surface area contributed by atoms with Crippen LogP contribution in [0, 0.1) is 0 Å². The number of urea groups is 1. The molecule has 0 radical (unpaired) electrons. The molecule has 1 aliphatic heterocycles. The number of rotatable bonds is 3. The van der Waals surface area contributed by atoms with Crippen molar-refractivity contribution in [1.29, 1.82) is 0 Å². The molecule has 0 saturated carbocycles. The number of amides is 2. The molecule has 3 N–H and O–H groups in total. The number of nitrogens with one attached hydrogen (secondary N) is 1. The van der Waals surface area contributed by atoms with Gasteiger partial charge in [0.25, 0.3) is 0 Å². The zero-order valence-electron chi connectivity index (χ0n) is 9.49. The minimum atomic E-state index is -0.315. The highest BCUT2D eigenvalue weighted by Crippen LogP contribution is 2.22. The van der Waals surface area contributed by atoms with Crippen LogP contribution in [-0.2, 0) is 6.54 Å². The first-order valence-corrected chi connectivity index (χ1v) is 6.92. The highest BCUT2D eigenvalue weighted by Gasteiger charge is 2.20. The summed E-state index contributed by atoms with van der Waals surface area (Å²) in [6, 6.07) is 2.05. The summed E-state index contributed by atoms with van der Waals surface area (Å²) in [7, 11) is 0. The molecule has 0 bridgehead atoms. The van der Waals surface area contributed by atoms with Crippen molar-refractivity contribution in [2.24, 2.45) is 5.73 Å². The lowest BCUT2D eigenvalue weighted by Gasteiger charge is -2.31. The number of hydrogen-bond acceptors (Lipinski definition) is 3. The second-order valence-corrected chi connectivity index (χ2v) is 5.58. The van der Waals surface area contributed by atoms with E-state index >= 15 is 0 Å². The monoisotopic (exact) mass is 273 g/mol. The molecule has 0 atom stereocenters. The Kier molecular flexibility index (Phi) is 4.25. The Labute approximate surface area is 110 Å². The van der Waals surface area contributed by atoms with Gasteiger partial charge in [-0.3, -0.25) is 0 Å². The van der Waals surface area contributed by atoms with E-state index in [1.807, 2.05) is 11.4 Å². The van der Waals surface area contributed by atoms with Crippen LogP contribution < -0.4 is 11.1 Å². The molecule has 6 heteroatoms. The fraction of sp³-hybridized carbons (Fsp3) is 0.545. The lowest BCUT2D eigenvalue weighted by Crippen LogP contribution is -2.46. The molecule has 0 unspecified atom stereocenters. The number of thiophene rings is 1. The van der Waals surface area contributed by atoms with Gasteiger partial charge in [0.05, 0.1) is 5.02 Å². The summed E-state index contributed by atoms with van der Waals surface area (Å²) in [6.45, 7) is 2.29. The molecule has 1 aromatic rings. The molecule has 17 heavy (non-hydrogen) atoms. The molecule has 1 aromatic heterocycles. The molecule has 94 valence electrons. The number of hydrogen-bond donors (Lipinski definition) is 2. The van der Waals surface area contributed by atoms with Gasteiger partial charge in [0, 0.05) is 30.6 Å². The maximum absolute atomic E-state index is 11.0. The summed E-state index contributed by atoms with van der Waals surface area (Å²) in [5.41, 5.74) is 5.23. The third-order valence-corrected chi connectivity index (χ3v) is 4.44. The Morgan fingerprint density at radius 2 is 2.29 bits per heavy atom. The van der Waals surface area contributed by atoms with Crippen LogP contribution in [0.4, 0.5) is 4.79 Å². The van der Waals surface area contributed by atoms with Crippen molar-refractivity contribution in [3.05, 3.63) is 21.3 Å². The van der Waals surface area contributed by atoms with Crippen molar-refractivity contribution < 1.29 is 4.79 Å². The van der Waals surface area contributed by atoms with Crippen molar-refractivity contribution in [1.82, 2.24) is 10.2 Å². The van der Waals surface area contributed by atoms with Crippen LogP contribution in [0.25, 0.3) is 0 Å². The van der Waals surface area contributed by atoms with Crippen molar-refractivity contribution in [2.75, 3.05) is 13.1 Å². The lowest BCUT2D eigenvalue weighted by atomic mass is 10.1. The third kappa shape index (κ3) is 3.34. The number of carbonyl (C=O) groups excluding carboxylic acids is 1. The maximum Gasteiger partial charge on any atom is 0.314 e. The van der Waals surface area contributed by atoms with E-state index in [1.165, 1.54) is 4.88 Å². The number of carbonyl (C=O) groups is 1. The minimum Gasteiger partial charge on any atom is -0.351 e. The Morgan fingerprint density at radius 3 is 2.82 bits per heavy atom. The normalized spacial score (nSPS) is 17.4. The van der Waals surface area contributed by atoms with Crippen LogP contribution in [0.15, 0.2) is 11.4 Å². The van der Waals surface area contributed by atoms with Gasteiger partial charge < -0.3 is 16.0 Å². The Hall–Kier alpha value is -0.780. The lowest BCUT2D eigenvalue weighted by molar-refractivity contribution is 0.185. The molecule has 2 heterocycles. The number of likely N-dealkylation sites (tertiary alicyclic amines) is 1. The Morgan fingerprint density at radius 1 is 1.59 bits per heavy atom. The van der Waals surface area contributed by atoms with E-state index in [2.05, 4.69) is 5.32 Å². The zero-order chi connectivity index (χ0) is 12.3. The van der Waals surface area contributed by atoms with Crippen molar-refractivity contribution in [2.45, 2.75) is 25.4 Å². The number of nitrogens with zero attached hydrogens (tertiary/aromatic N) is 1.